The highest BCUT2D eigenvalue weighted by Crippen LogP contribution is 2.10. The van der Waals surface area contributed by atoms with Gasteiger partial charge in [-0.1, -0.05) is 6.07 Å². The van der Waals surface area contributed by atoms with Gasteiger partial charge in [-0.2, -0.15) is 0 Å². The fraction of sp³-hybridized carbons (Fsp3) is 0.333. The first-order valence-corrected chi connectivity index (χ1v) is 5.74. The first-order chi connectivity index (χ1) is 8.31. The smallest absolute Gasteiger partial charge is 0.221 e. The molecule has 2 aromatic heterocycles. The molecule has 0 fully saturated rings. The zero-order chi connectivity index (χ0) is 12.1. The largest absolute Gasteiger partial charge is 0.371 e. The number of aromatic nitrogens is 2. The van der Waals surface area contributed by atoms with Crippen molar-refractivity contribution in [2.45, 2.75) is 13.3 Å². The van der Waals surface area contributed by atoms with E-state index in [4.69, 9.17) is 0 Å². The Morgan fingerprint density at radius 1 is 1.47 bits per heavy atom. The summed E-state index contributed by atoms with van der Waals surface area (Å²) in [6, 6.07) is 5.85. The van der Waals surface area contributed by atoms with E-state index < -0.39 is 0 Å². The fourth-order valence-electron chi connectivity index (χ4n) is 1.68. The molecule has 2 aromatic rings. The highest BCUT2D eigenvalue weighted by atomic mass is 16.1. The molecule has 0 spiro atoms. The average molecular weight is 232 g/mol. The van der Waals surface area contributed by atoms with E-state index in [1.165, 1.54) is 0 Å². The Balaban J connectivity index is 1.95. The van der Waals surface area contributed by atoms with Crippen LogP contribution in [0.25, 0.3) is 5.65 Å². The molecule has 1 amide bonds. The maximum Gasteiger partial charge on any atom is 0.221 e. The summed E-state index contributed by atoms with van der Waals surface area (Å²) >= 11 is 0. The van der Waals surface area contributed by atoms with Crippen LogP contribution in [0.2, 0.25) is 0 Å². The molecule has 0 radical (unpaired) electrons. The van der Waals surface area contributed by atoms with Crippen LogP contribution in [-0.2, 0) is 4.79 Å². The van der Waals surface area contributed by atoms with Gasteiger partial charge in [0.1, 0.15) is 11.5 Å². The number of fused-ring (bicyclic) bond motifs is 1. The van der Waals surface area contributed by atoms with Crippen LogP contribution < -0.4 is 10.6 Å². The summed E-state index contributed by atoms with van der Waals surface area (Å²) in [5, 5.41) is 5.99. The third-order valence-corrected chi connectivity index (χ3v) is 2.46. The molecule has 5 nitrogen and oxygen atoms in total. The van der Waals surface area contributed by atoms with E-state index in [0.717, 1.165) is 11.5 Å². The van der Waals surface area contributed by atoms with E-state index in [9.17, 15) is 4.79 Å². The highest BCUT2D eigenvalue weighted by Gasteiger charge is 2.01. The lowest BCUT2D eigenvalue weighted by atomic mass is 10.3. The van der Waals surface area contributed by atoms with Crippen LogP contribution in [0.3, 0.4) is 0 Å². The maximum absolute atomic E-state index is 11.3. The van der Waals surface area contributed by atoms with Gasteiger partial charge < -0.3 is 10.6 Å². The second-order valence-corrected chi connectivity index (χ2v) is 3.70. The van der Waals surface area contributed by atoms with Crippen molar-refractivity contribution in [1.82, 2.24) is 14.7 Å². The lowest BCUT2D eigenvalue weighted by Gasteiger charge is -2.08. The lowest BCUT2D eigenvalue weighted by molar-refractivity contribution is -0.120. The summed E-state index contributed by atoms with van der Waals surface area (Å²) in [5.41, 5.74) is 0.896. The van der Waals surface area contributed by atoms with Gasteiger partial charge >= 0.3 is 0 Å². The van der Waals surface area contributed by atoms with E-state index in [2.05, 4.69) is 15.6 Å². The van der Waals surface area contributed by atoms with E-state index in [1.54, 1.807) is 6.20 Å². The molecule has 0 atom stereocenters. The fourth-order valence-corrected chi connectivity index (χ4v) is 1.68. The summed E-state index contributed by atoms with van der Waals surface area (Å²) in [6.07, 6.45) is 4.12. The van der Waals surface area contributed by atoms with Gasteiger partial charge in [-0.25, -0.2) is 4.98 Å². The number of hydrogen-bond acceptors (Lipinski definition) is 3. The first kappa shape index (κ1) is 11.4. The summed E-state index contributed by atoms with van der Waals surface area (Å²) in [5.74, 6) is 1.02. The van der Waals surface area contributed by atoms with Crippen LogP contribution in [0.4, 0.5) is 5.82 Å². The molecule has 0 saturated carbocycles. The van der Waals surface area contributed by atoms with Crippen LogP contribution in [0, 0.1) is 0 Å². The number of amides is 1. The van der Waals surface area contributed by atoms with Crippen molar-refractivity contribution in [2.24, 2.45) is 0 Å². The Bertz CT molecular complexity index is 506. The standard InChI is InChI=1S/C12H16N4O/c1-2-13-12(17)6-7-14-10-4-3-5-11-15-8-9-16(10)11/h3-5,8-9,14H,2,6-7H2,1H3,(H,13,17). The van der Waals surface area contributed by atoms with Crippen molar-refractivity contribution in [3.63, 3.8) is 0 Å². The third kappa shape index (κ3) is 2.75. The van der Waals surface area contributed by atoms with Crippen molar-refractivity contribution in [1.29, 1.82) is 0 Å². The highest BCUT2D eigenvalue weighted by molar-refractivity contribution is 5.76. The van der Waals surface area contributed by atoms with Crippen LogP contribution >= 0.6 is 0 Å². The molecule has 2 heterocycles. The Kier molecular flexibility index (Phi) is 3.59. The Morgan fingerprint density at radius 3 is 3.18 bits per heavy atom. The van der Waals surface area contributed by atoms with Crippen molar-refractivity contribution in [2.75, 3.05) is 18.4 Å². The van der Waals surface area contributed by atoms with Gasteiger partial charge in [0.2, 0.25) is 5.91 Å². The van der Waals surface area contributed by atoms with Gasteiger partial charge in [0, 0.05) is 31.9 Å². The van der Waals surface area contributed by atoms with Gasteiger partial charge in [0.15, 0.2) is 0 Å². The second-order valence-electron chi connectivity index (χ2n) is 3.70. The topological polar surface area (TPSA) is 58.4 Å². The minimum absolute atomic E-state index is 0.0674. The molecule has 2 rings (SSSR count). The number of carbonyl (C=O) groups excluding carboxylic acids is 1. The van der Waals surface area contributed by atoms with Gasteiger partial charge in [-0.15, -0.1) is 0 Å². The first-order valence-electron chi connectivity index (χ1n) is 5.74. The van der Waals surface area contributed by atoms with Crippen molar-refractivity contribution in [3.8, 4) is 0 Å². The third-order valence-electron chi connectivity index (χ3n) is 2.46. The number of pyridine rings is 1. The monoisotopic (exact) mass is 232 g/mol. The van der Waals surface area contributed by atoms with E-state index >= 15 is 0 Å². The van der Waals surface area contributed by atoms with E-state index in [0.29, 0.717) is 19.5 Å². The van der Waals surface area contributed by atoms with Gasteiger partial charge in [-0.3, -0.25) is 9.20 Å². The van der Waals surface area contributed by atoms with Crippen LogP contribution in [0.1, 0.15) is 13.3 Å². The number of nitrogens with zero attached hydrogens (tertiary/aromatic N) is 2. The predicted octanol–water partition coefficient (Wildman–Crippen LogP) is 1.27. The minimum Gasteiger partial charge on any atom is -0.371 e. The molecule has 0 aromatic carbocycles. The second kappa shape index (κ2) is 5.34. The van der Waals surface area contributed by atoms with Crippen molar-refractivity contribution < 1.29 is 4.79 Å². The van der Waals surface area contributed by atoms with Crippen LogP contribution in [0.15, 0.2) is 30.6 Å². The molecule has 0 unspecified atom stereocenters. The summed E-state index contributed by atoms with van der Waals surface area (Å²) in [4.78, 5) is 15.5. The molecule has 2 N–H and O–H groups in total. The number of rotatable bonds is 5. The molecule has 17 heavy (non-hydrogen) atoms. The average Bonchev–Trinajstić information content (AvgIpc) is 2.78. The zero-order valence-corrected chi connectivity index (χ0v) is 9.81. The van der Waals surface area contributed by atoms with Crippen LogP contribution in [0.5, 0.6) is 0 Å². The van der Waals surface area contributed by atoms with Crippen molar-refractivity contribution >= 4 is 17.4 Å². The maximum atomic E-state index is 11.3. The number of hydrogen-bond donors (Lipinski definition) is 2. The molecule has 0 bridgehead atoms. The molecule has 0 aliphatic rings. The zero-order valence-electron chi connectivity index (χ0n) is 9.81. The molecule has 5 heteroatoms. The van der Waals surface area contributed by atoms with Crippen LogP contribution in [-0.4, -0.2) is 28.4 Å². The lowest BCUT2D eigenvalue weighted by Crippen LogP contribution is -2.24. The number of nitrogens with one attached hydrogen (secondary N) is 2. The molecule has 0 aliphatic heterocycles. The molecule has 90 valence electrons. The Labute approximate surface area is 99.9 Å². The SMILES string of the molecule is CCNC(=O)CCNc1cccc2nccn12. The minimum atomic E-state index is 0.0674. The molecule has 0 saturated heterocycles. The van der Waals surface area contributed by atoms with Gasteiger partial charge in [0.25, 0.3) is 0 Å². The number of carbonyl (C=O) groups is 1. The quantitative estimate of drug-likeness (QED) is 0.816. The summed E-state index contributed by atoms with van der Waals surface area (Å²) in [7, 11) is 0. The normalized spacial score (nSPS) is 10.4. The molecular weight excluding hydrogens is 216 g/mol. The van der Waals surface area contributed by atoms with Gasteiger partial charge in [-0.05, 0) is 19.1 Å². The van der Waals surface area contributed by atoms with Gasteiger partial charge in [0.05, 0.1) is 0 Å². The van der Waals surface area contributed by atoms with E-state index in [1.807, 2.05) is 35.7 Å². The Hall–Kier alpha value is -2.04. The number of imidazole rings is 1. The molecule has 0 aliphatic carbocycles. The van der Waals surface area contributed by atoms with Crippen molar-refractivity contribution in [3.05, 3.63) is 30.6 Å². The Morgan fingerprint density at radius 2 is 2.35 bits per heavy atom. The summed E-state index contributed by atoms with van der Waals surface area (Å²) < 4.78 is 1.96. The summed E-state index contributed by atoms with van der Waals surface area (Å²) in [6.45, 7) is 3.20. The molecular formula is C12H16N4O. The van der Waals surface area contributed by atoms with E-state index in [-0.39, 0.29) is 5.91 Å². The predicted molar refractivity (Wildman–Crippen MR) is 67.0 cm³/mol. The number of anilines is 1.